The van der Waals surface area contributed by atoms with Crippen LogP contribution in [0.5, 0.6) is 11.5 Å². The van der Waals surface area contributed by atoms with Crippen LogP contribution in [0, 0.1) is 0 Å². The largest absolute Gasteiger partial charge is 0.550 e. The monoisotopic (exact) mass is 442 g/mol. The first kappa shape index (κ1) is 21.9. The highest BCUT2D eigenvalue weighted by Crippen LogP contribution is 2.35. The van der Waals surface area contributed by atoms with E-state index in [9.17, 15) is 14.7 Å². The van der Waals surface area contributed by atoms with Gasteiger partial charge in [-0.1, -0.05) is 60.4 Å². The molecule has 1 heterocycles. The second-order valence-electron chi connectivity index (χ2n) is 6.49. The molecule has 2 aromatic carbocycles. The maximum absolute atomic E-state index is 12.6. The number of ether oxygens (including phenoxy) is 2. The zero-order valence-electron chi connectivity index (χ0n) is 16.3. The number of hydrogen-bond acceptors (Lipinski definition) is 7. The summed E-state index contributed by atoms with van der Waals surface area (Å²) in [7, 11) is 1.57. The van der Waals surface area contributed by atoms with Gasteiger partial charge in [0.2, 0.25) is 0 Å². The summed E-state index contributed by atoms with van der Waals surface area (Å²) in [5.74, 6) is -0.208. The van der Waals surface area contributed by atoms with E-state index in [0.717, 1.165) is 11.1 Å². The summed E-state index contributed by atoms with van der Waals surface area (Å²) in [6, 6.07) is 15.2. The Morgan fingerprint density at radius 1 is 1.20 bits per heavy atom. The Kier molecular flexibility index (Phi) is 7.48. The lowest BCUT2D eigenvalue weighted by molar-refractivity contribution is -0.305. The lowest BCUT2D eigenvalue weighted by atomic mass is 10.1. The van der Waals surface area contributed by atoms with Crippen molar-refractivity contribution in [1.29, 1.82) is 0 Å². The number of methoxy groups -OCH3 is 1. The van der Waals surface area contributed by atoms with E-state index in [-0.39, 0.29) is 18.9 Å². The van der Waals surface area contributed by atoms with Crippen LogP contribution in [0.3, 0.4) is 0 Å². The molecule has 0 saturated carbocycles. The van der Waals surface area contributed by atoms with Crippen LogP contribution < -0.4 is 14.6 Å². The van der Waals surface area contributed by atoms with Gasteiger partial charge in [0, 0.05) is 12.5 Å². The summed E-state index contributed by atoms with van der Waals surface area (Å²) in [6.45, 7) is 0.644. The maximum atomic E-state index is 12.6. The zero-order chi connectivity index (χ0) is 21.5. The molecule has 156 valence electrons. The number of nitrogens with zero attached hydrogens (tertiary/aromatic N) is 1. The van der Waals surface area contributed by atoms with Crippen LogP contribution in [0.4, 0.5) is 0 Å². The van der Waals surface area contributed by atoms with Gasteiger partial charge in [0.05, 0.1) is 12.0 Å². The number of hydrogen-bond donors (Lipinski definition) is 0. The smallest absolute Gasteiger partial charge is 0.266 e. The van der Waals surface area contributed by atoms with Gasteiger partial charge < -0.3 is 19.4 Å². The fraction of sp³-hybridized carbons (Fsp3) is 0.227. The van der Waals surface area contributed by atoms with Crippen molar-refractivity contribution >= 4 is 46.3 Å². The van der Waals surface area contributed by atoms with Gasteiger partial charge in [-0.25, -0.2) is 0 Å². The van der Waals surface area contributed by atoms with Crippen LogP contribution in [-0.4, -0.2) is 34.8 Å². The number of carbonyl (C=O) groups excluding carboxylic acids is 2. The van der Waals surface area contributed by atoms with Crippen LogP contribution in [0.25, 0.3) is 6.08 Å². The molecule has 0 spiro atoms. The molecule has 2 aromatic rings. The third kappa shape index (κ3) is 5.61. The number of carbonyl (C=O) groups is 2. The van der Waals surface area contributed by atoms with E-state index in [0.29, 0.717) is 33.8 Å². The van der Waals surface area contributed by atoms with Crippen molar-refractivity contribution in [2.45, 2.75) is 19.4 Å². The molecule has 0 N–H and O–H groups in total. The summed E-state index contributed by atoms with van der Waals surface area (Å²) < 4.78 is 11.7. The molecular weight excluding hydrogens is 422 g/mol. The topological polar surface area (TPSA) is 78.9 Å². The highest BCUT2D eigenvalue weighted by molar-refractivity contribution is 8.26. The normalized spacial score (nSPS) is 15.0. The van der Waals surface area contributed by atoms with E-state index in [2.05, 4.69) is 0 Å². The van der Waals surface area contributed by atoms with Crippen molar-refractivity contribution in [3.8, 4) is 11.5 Å². The molecule has 1 aliphatic heterocycles. The van der Waals surface area contributed by atoms with Crippen molar-refractivity contribution in [2.24, 2.45) is 0 Å². The van der Waals surface area contributed by atoms with E-state index in [1.54, 1.807) is 19.3 Å². The van der Waals surface area contributed by atoms with E-state index < -0.39 is 5.97 Å². The maximum Gasteiger partial charge on any atom is 0.266 e. The summed E-state index contributed by atoms with van der Waals surface area (Å²) >= 11 is 6.47. The van der Waals surface area contributed by atoms with Crippen molar-refractivity contribution < 1.29 is 24.2 Å². The number of rotatable bonds is 9. The van der Waals surface area contributed by atoms with Crippen LogP contribution in [-0.2, 0) is 16.2 Å². The molecular formula is C22H20NO5S2-. The minimum absolute atomic E-state index is 0.114. The molecule has 30 heavy (non-hydrogen) atoms. The molecule has 1 saturated heterocycles. The minimum Gasteiger partial charge on any atom is -0.550 e. The summed E-state index contributed by atoms with van der Waals surface area (Å²) in [5.41, 5.74) is 1.80. The molecule has 0 radical (unpaired) electrons. The summed E-state index contributed by atoms with van der Waals surface area (Å²) in [5, 5.41) is 10.6. The molecule has 8 heteroatoms. The summed E-state index contributed by atoms with van der Waals surface area (Å²) in [4.78, 5) is 25.1. The number of carboxylic acids is 1. The van der Waals surface area contributed by atoms with Gasteiger partial charge in [0.1, 0.15) is 10.9 Å². The molecule has 6 nitrogen and oxygen atoms in total. The first-order valence-corrected chi connectivity index (χ1v) is 10.5. The van der Waals surface area contributed by atoms with Gasteiger partial charge in [0.25, 0.3) is 5.91 Å². The fourth-order valence-corrected chi connectivity index (χ4v) is 4.17. The van der Waals surface area contributed by atoms with Crippen molar-refractivity contribution in [3.05, 3.63) is 64.6 Å². The Balaban J connectivity index is 1.73. The fourth-order valence-electron chi connectivity index (χ4n) is 2.86. The third-order valence-electron chi connectivity index (χ3n) is 4.36. The Bertz CT molecular complexity index is 975. The quantitative estimate of drug-likeness (QED) is 0.436. The number of thiocarbonyl (C=S) groups is 1. The van der Waals surface area contributed by atoms with Gasteiger partial charge in [0.15, 0.2) is 11.5 Å². The molecule has 0 atom stereocenters. The molecule has 0 unspecified atom stereocenters. The molecule has 0 bridgehead atoms. The molecule has 1 fully saturated rings. The highest BCUT2D eigenvalue weighted by atomic mass is 32.2. The van der Waals surface area contributed by atoms with E-state index in [4.69, 9.17) is 21.7 Å². The number of aliphatic carboxylic acids is 1. The Hall–Kier alpha value is -2.84. The second-order valence-corrected chi connectivity index (χ2v) is 8.17. The van der Waals surface area contributed by atoms with Gasteiger partial charge >= 0.3 is 0 Å². The third-order valence-corrected chi connectivity index (χ3v) is 5.74. The molecule has 3 rings (SSSR count). The zero-order valence-corrected chi connectivity index (χ0v) is 18.0. The molecule has 0 aliphatic carbocycles. The predicted octanol–water partition coefficient (Wildman–Crippen LogP) is 3.01. The highest BCUT2D eigenvalue weighted by Gasteiger charge is 2.31. The van der Waals surface area contributed by atoms with Crippen molar-refractivity contribution in [3.63, 3.8) is 0 Å². The molecule has 1 aliphatic rings. The lowest BCUT2D eigenvalue weighted by Crippen LogP contribution is -2.30. The average molecular weight is 443 g/mol. The van der Waals surface area contributed by atoms with Crippen LogP contribution in [0.1, 0.15) is 24.0 Å². The van der Waals surface area contributed by atoms with Crippen LogP contribution >= 0.6 is 24.0 Å². The Labute approximate surface area is 184 Å². The van der Waals surface area contributed by atoms with Gasteiger partial charge in [-0.2, -0.15) is 0 Å². The predicted molar refractivity (Wildman–Crippen MR) is 118 cm³/mol. The first-order chi connectivity index (χ1) is 14.5. The van der Waals surface area contributed by atoms with E-state index in [1.807, 2.05) is 42.5 Å². The van der Waals surface area contributed by atoms with Crippen LogP contribution in [0.2, 0.25) is 0 Å². The minimum atomic E-state index is -1.14. The summed E-state index contributed by atoms with van der Waals surface area (Å²) in [6.07, 6.45) is 1.92. The average Bonchev–Trinajstić information content (AvgIpc) is 3.00. The van der Waals surface area contributed by atoms with E-state index in [1.165, 1.54) is 16.7 Å². The SMILES string of the molecule is COc1ccc(/C=C2\SC(=S)N(CCCC(=O)[O-])C2=O)cc1OCc1ccccc1. The Morgan fingerprint density at radius 3 is 2.67 bits per heavy atom. The number of benzene rings is 2. The Morgan fingerprint density at radius 2 is 1.97 bits per heavy atom. The molecule has 0 aromatic heterocycles. The number of thioether (sulfide) groups is 1. The second kappa shape index (κ2) is 10.3. The van der Waals surface area contributed by atoms with Crippen LogP contribution in [0.15, 0.2) is 53.4 Å². The van der Waals surface area contributed by atoms with Gasteiger partial charge in [-0.05, 0) is 42.2 Å². The standard InChI is InChI=1S/C22H21NO5S2/c1-27-17-10-9-16(12-18(17)28-14-15-6-3-2-4-7-15)13-19-21(26)23(22(29)30-19)11-5-8-20(24)25/h2-4,6-7,9-10,12-13H,5,8,11,14H2,1H3,(H,24,25)/p-1/b19-13-. The van der Waals surface area contributed by atoms with E-state index >= 15 is 0 Å². The van der Waals surface area contributed by atoms with Gasteiger partial charge in [-0.15, -0.1) is 0 Å². The lowest BCUT2D eigenvalue weighted by Gasteiger charge is -2.14. The number of amides is 1. The van der Waals surface area contributed by atoms with Crippen molar-refractivity contribution in [1.82, 2.24) is 4.90 Å². The first-order valence-electron chi connectivity index (χ1n) is 9.28. The molecule has 1 amide bonds. The van der Waals surface area contributed by atoms with Gasteiger partial charge in [-0.3, -0.25) is 9.69 Å². The van der Waals surface area contributed by atoms with Crippen molar-refractivity contribution in [2.75, 3.05) is 13.7 Å². The number of carboxylic acid groups (broad SMARTS) is 1.